The van der Waals surface area contributed by atoms with Gasteiger partial charge in [-0.1, -0.05) is 18.7 Å². The summed E-state index contributed by atoms with van der Waals surface area (Å²) in [5, 5.41) is -0.185. The lowest BCUT2D eigenvalue weighted by atomic mass is 10.2. The van der Waals surface area contributed by atoms with Crippen LogP contribution >= 0.6 is 11.8 Å². The second kappa shape index (κ2) is 8.53. The molecule has 0 N–H and O–H groups in total. The van der Waals surface area contributed by atoms with Crippen LogP contribution in [0, 0.1) is 5.92 Å². The number of hydrogen-bond acceptors (Lipinski definition) is 7. The lowest BCUT2D eigenvalue weighted by Crippen LogP contribution is -2.15. The molecule has 22 heavy (non-hydrogen) atoms. The van der Waals surface area contributed by atoms with Gasteiger partial charge >= 0.3 is 5.97 Å². The maximum absolute atomic E-state index is 12.3. The van der Waals surface area contributed by atoms with Gasteiger partial charge in [0.25, 0.3) is 0 Å². The van der Waals surface area contributed by atoms with E-state index in [1.807, 2.05) is 0 Å². The number of methoxy groups -OCH3 is 4. The molecular formula is C15H20O6S. The van der Waals surface area contributed by atoms with Crippen LogP contribution in [0.4, 0.5) is 0 Å². The van der Waals surface area contributed by atoms with E-state index in [4.69, 9.17) is 14.2 Å². The molecule has 0 aliphatic rings. The smallest absolute Gasteiger partial charge is 0.309 e. The van der Waals surface area contributed by atoms with Crippen LogP contribution in [0.1, 0.15) is 17.3 Å². The number of hydrogen-bond donors (Lipinski definition) is 0. The van der Waals surface area contributed by atoms with Gasteiger partial charge in [-0.3, -0.25) is 9.59 Å². The van der Waals surface area contributed by atoms with E-state index in [2.05, 4.69) is 4.74 Å². The maximum atomic E-state index is 12.3. The summed E-state index contributed by atoms with van der Waals surface area (Å²) >= 11 is 1.04. The van der Waals surface area contributed by atoms with Gasteiger partial charge in [-0.05, 0) is 12.1 Å². The number of thioether (sulfide) groups is 1. The molecule has 0 unspecified atom stereocenters. The van der Waals surface area contributed by atoms with Gasteiger partial charge in [0, 0.05) is 11.3 Å². The second-order valence-corrected chi connectivity index (χ2v) is 5.43. The monoisotopic (exact) mass is 328 g/mol. The zero-order valence-electron chi connectivity index (χ0n) is 13.3. The lowest BCUT2D eigenvalue weighted by Gasteiger charge is -2.14. The van der Waals surface area contributed by atoms with E-state index in [-0.39, 0.29) is 17.0 Å². The van der Waals surface area contributed by atoms with Crippen LogP contribution < -0.4 is 14.2 Å². The number of benzene rings is 1. The first-order chi connectivity index (χ1) is 10.5. The van der Waals surface area contributed by atoms with Gasteiger partial charge in [-0.2, -0.15) is 0 Å². The van der Waals surface area contributed by atoms with Crippen molar-refractivity contribution in [2.24, 2.45) is 5.92 Å². The molecule has 122 valence electrons. The molecule has 1 aromatic rings. The van der Waals surface area contributed by atoms with Crippen LogP contribution in [-0.4, -0.2) is 45.3 Å². The first kappa shape index (κ1) is 18.2. The molecule has 0 saturated heterocycles. The fourth-order valence-electron chi connectivity index (χ4n) is 1.75. The Morgan fingerprint density at radius 2 is 1.59 bits per heavy atom. The first-order valence-electron chi connectivity index (χ1n) is 6.53. The Morgan fingerprint density at radius 1 is 1.05 bits per heavy atom. The highest BCUT2D eigenvalue weighted by molar-refractivity contribution is 8.14. The number of carbonyl (C=O) groups is 2. The molecule has 0 fully saturated rings. The molecule has 0 bridgehead atoms. The maximum Gasteiger partial charge on any atom is 0.309 e. The van der Waals surface area contributed by atoms with E-state index in [1.165, 1.54) is 28.4 Å². The summed E-state index contributed by atoms with van der Waals surface area (Å²) in [5.41, 5.74) is 0.413. The molecular weight excluding hydrogens is 308 g/mol. The van der Waals surface area contributed by atoms with Crippen LogP contribution in [-0.2, 0) is 9.53 Å². The molecule has 0 saturated carbocycles. The Kier molecular flexibility index (Phi) is 7.04. The Balaban J connectivity index is 2.92. The van der Waals surface area contributed by atoms with Crippen molar-refractivity contribution in [2.75, 3.05) is 34.2 Å². The van der Waals surface area contributed by atoms with Crippen molar-refractivity contribution in [3.05, 3.63) is 17.7 Å². The van der Waals surface area contributed by atoms with E-state index in [9.17, 15) is 9.59 Å². The highest BCUT2D eigenvalue weighted by atomic mass is 32.2. The van der Waals surface area contributed by atoms with E-state index in [1.54, 1.807) is 19.1 Å². The number of esters is 1. The molecule has 0 radical (unpaired) electrons. The zero-order valence-corrected chi connectivity index (χ0v) is 14.1. The summed E-state index contributed by atoms with van der Waals surface area (Å²) in [4.78, 5) is 23.6. The summed E-state index contributed by atoms with van der Waals surface area (Å²) < 4.78 is 20.3. The first-order valence-corrected chi connectivity index (χ1v) is 7.52. The molecule has 7 heteroatoms. The average molecular weight is 328 g/mol. The van der Waals surface area contributed by atoms with Crippen molar-refractivity contribution in [2.45, 2.75) is 6.92 Å². The van der Waals surface area contributed by atoms with Crippen molar-refractivity contribution < 1.29 is 28.5 Å². The van der Waals surface area contributed by atoms with Crippen molar-refractivity contribution in [3.63, 3.8) is 0 Å². The number of ether oxygens (including phenoxy) is 4. The third kappa shape index (κ3) is 4.30. The van der Waals surface area contributed by atoms with Crippen LogP contribution in [0.5, 0.6) is 17.2 Å². The quantitative estimate of drug-likeness (QED) is 0.712. The van der Waals surface area contributed by atoms with E-state index in [0.29, 0.717) is 28.6 Å². The van der Waals surface area contributed by atoms with Crippen molar-refractivity contribution >= 4 is 22.8 Å². The van der Waals surface area contributed by atoms with Crippen molar-refractivity contribution in [1.82, 2.24) is 0 Å². The van der Waals surface area contributed by atoms with Gasteiger partial charge in [-0.25, -0.2) is 0 Å². The van der Waals surface area contributed by atoms with Crippen LogP contribution in [0.2, 0.25) is 0 Å². The Labute approximate surface area is 134 Å². The number of rotatable bonds is 7. The Bertz CT molecular complexity index is 518. The molecule has 0 heterocycles. The van der Waals surface area contributed by atoms with E-state index >= 15 is 0 Å². The third-order valence-electron chi connectivity index (χ3n) is 2.97. The fourth-order valence-corrected chi connectivity index (χ4v) is 2.57. The molecule has 6 nitrogen and oxygen atoms in total. The minimum Gasteiger partial charge on any atom is -0.493 e. The molecule has 0 aliphatic heterocycles. The molecule has 1 atom stereocenters. The summed E-state index contributed by atoms with van der Waals surface area (Å²) in [6.07, 6.45) is 0. The predicted molar refractivity (Wildman–Crippen MR) is 84.1 cm³/mol. The van der Waals surface area contributed by atoms with Crippen molar-refractivity contribution in [1.29, 1.82) is 0 Å². The van der Waals surface area contributed by atoms with Crippen molar-refractivity contribution in [3.8, 4) is 17.2 Å². The van der Waals surface area contributed by atoms with Gasteiger partial charge in [0.15, 0.2) is 11.5 Å². The fraction of sp³-hybridized carbons (Fsp3) is 0.467. The van der Waals surface area contributed by atoms with Gasteiger partial charge in [-0.15, -0.1) is 0 Å². The van der Waals surface area contributed by atoms with Crippen LogP contribution in [0.3, 0.4) is 0 Å². The minimum atomic E-state index is -0.360. The highest BCUT2D eigenvalue weighted by Crippen LogP contribution is 2.39. The third-order valence-corrected chi connectivity index (χ3v) is 4.13. The van der Waals surface area contributed by atoms with Gasteiger partial charge in [0.1, 0.15) is 0 Å². The van der Waals surface area contributed by atoms with Gasteiger partial charge in [0.05, 0.1) is 34.4 Å². The Morgan fingerprint density at radius 3 is 2.00 bits per heavy atom. The minimum absolute atomic E-state index is 0.185. The summed E-state index contributed by atoms with van der Waals surface area (Å²) in [5.74, 6) is 0.876. The molecule has 0 aliphatic carbocycles. The average Bonchev–Trinajstić information content (AvgIpc) is 2.56. The van der Waals surface area contributed by atoms with Gasteiger partial charge in [0.2, 0.25) is 10.9 Å². The summed E-state index contributed by atoms with van der Waals surface area (Å²) in [7, 11) is 5.79. The topological polar surface area (TPSA) is 71.1 Å². The molecule has 0 amide bonds. The van der Waals surface area contributed by atoms with Crippen LogP contribution in [0.25, 0.3) is 0 Å². The summed E-state index contributed by atoms with van der Waals surface area (Å²) in [6, 6.07) is 3.17. The Hall–Kier alpha value is -1.89. The standard InChI is InChI=1S/C15H20O6S/c1-9(14(16)21-5)8-22-15(17)10-6-11(18-2)13(20-4)12(7-10)19-3/h6-7,9H,8H2,1-5H3/t9-/m0/s1. The normalized spacial score (nSPS) is 11.5. The molecule has 0 aromatic heterocycles. The molecule has 1 rings (SSSR count). The molecule has 0 spiro atoms. The number of carbonyl (C=O) groups excluding carboxylic acids is 2. The van der Waals surface area contributed by atoms with Gasteiger partial charge < -0.3 is 18.9 Å². The largest absolute Gasteiger partial charge is 0.493 e. The van der Waals surface area contributed by atoms with E-state index < -0.39 is 0 Å². The molecule has 1 aromatic carbocycles. The predicted octanol–water partition coefficient (Wildman–Crippen LogP) is 2.39. The highest BCUT2D eigenvalue weighted by Gasteiger charge is 2.20. The lowest BCUT2D eigenvalue weighted by molar-refractivity contribution is -0.143. The summed E-state index contributed by atoms with van der Waals surface area (Å²) in [6.45, 7) is 1.71. The SMILES string of the molecule is COC(=O)[C@@H](C)CSC(=O)c1cc(OC)c(OC)c(OC)c1. The van der Waals surface area contributed by atoms with E-state index in [0.717, 1.165) is 11.8 Å². The second-order valence-electron chi connectivity index (χ2n) is 4.44. The zero-order chi connectivity index (χ0) is 16.7. The van der Waals surface area contributed by atoms with Crippen LogP contribution in [0.15, 0.2) is 12.1 Å².